The minimum atomic E-state index is -0.0762. The van der Waals surface area contributed by atoms with Crippen molar-refractivity contribution in [2.24, 2.45) is 5.92 Å². The van der Waals surface area contributed by atoms with Gasteiger partial charge in [0, 0.05) is 18.0 Å². The Bertz CT molecular complexity index is 674. The van der Waals surface area contributed by atoms with Crippen molar-refractivity contribution in [3.05, 3.63) is 35.4 Å². The number of hydrogen-bond donors (Lipinski definition) is 2. The predicted octanol–water partition coefficient (Wildman–Crippen LogP) is 4.56. The van der Waals surface area contributed by atoms with E-state index in [1.54, 1.807) is 0 Å². The second-order valence-electron chi connectivity index (χ2n) is 9.08. The summed E-state index contributed by atoms with van der Waals surface area (Å²) in [6, 6.07) is 8.44. The van der Waals surface area contributed by atoms with Crippen LogP contribution >= 0.6 is 0 Å². The van der Waals surface area contributed by atoms with Crippen molar-refractivity contribution in [1.82, 2.24) is 10.6 Å². The highest BCUT2D eigenvalue weighted by atomic mass is 16.5. The molecule has 1 unspecified atom stereocenters. The summed E-state index contributed by atoms with van der Waals surface area (Å²) in [6.07, 6.45) is 8.73. The quantitative estimate of drug-likeness (QED) is 0.612. The van der Waals surface area contributed by atoms with Crippen LogP contribution in [0, 0.1) is 5.92 Å². The van der Waals surface area contributed by atoms with Gasteiger partial charge in [0.1, 0.15) is 0 Å². The number of rotatable bonds is 8. The number of hydrogen-bond acceptors (Lipinski definition) is 4. The number of esters is 1. The van der Waals surface area contributed by atoms with Gasteiger partial charge < -0.3 is 15.4 Å². The summed E-state index contributed by atoms with van der Waals surface area (Å²) in [7, 11) is 0. The summed E-state index contributed by atoms with van der Waals surface area (Å²) in [4.78, 5) is 24.5. The number of carbonyl (C=O) groups excluding carboxylic acids is 2. The summed E-state index contributed by atoms with van der Waals surface area (Å²) >= 11 is 0. The van der Waals surface area contributed by atoms with Gasteiger partial charge in [0.05, 0.1) is 6.10 Å². The molecule has 1 aliphatic carbocycles. The zero-order chi connectivity index (χ0) is 21.3. The molecule has 1 aliphatic heterocycles. The summed E-state index contributed by atoms with van der Waals surface area (Å²) in [5, 5.41) is 6.61. The summed E-state index contributed by atoms with van der Waals surface area (Å²) in [5.41, 5.74) is 2.10. The molecule has 1 aromatic rings. The molecule has 1 atom stereocenters. The molecule has 1 amide bonds. The van der Waals surface area contributed by atoms with E-state index in [1.165, 1.54) is 18.4 Å². The lowest BCUT2D eigenvalue weighted by molar-refractivity contribution is -0.148. The molecule has 30 heavy (non-hydrogen) atoms. The standard InChI is InChI=1S/C25H38N2O3/c1-3-18(2)30-24(28)13-6-19-4-11-23(12-5-19)27-25(29)22-9-7-20(8-10-22)21-14-16-26-17-15-21/h7-10,18-19,21,23,26H,3-6,11-17H2,1-2H3,(H,27,29). The first-order chi connectivity index (χ1) is 14.5. The van der Waals surface area contributed by atoms with Crippen LogP contribution in [0.4, 0.5) is 0 Å². The van der Waals surface area contributed by atoms with Crippen LogP contribution in [0.2, 0.25) is 0 Å². The zero-order valence-electron chi connectivity index (χ0n) is 18.6. The Hall–Kier alpha value is -1.88. The van der Waals surface area contributed by atoms with Gasteiger partial charge in [-0.3, -0.25) is 9.59 Å². The number of benzene rings is 1. The van der Waals surface area contributed by atoms with Crippen LogP contribution in [-0.4, -0.2) is 37.1 Å². The van der Waals surface area contributed by atoms with Crippen LogP contribution in [0.25, 0.3) is 0 Å². The Labute approximate surface area is 181 Å². The maximum Gasteiger partial charge on any atom is 0.306 e. The Morgan fingerprint density at radius 3 is 2.37 bits per heavy atom. The number of piperidine rings is 1. The Balaban J connectivity index is 1.38. The fourth-order valence-corrected chi connectivity index (χ4v) is 4.61. The first kappa shape index (κ1) is 22.8. The van der Waals surface area contributed by atoms with Gasteiger partial charge in [-0.1, -0.05) is 19.1 Å². The maximum absolute atomic E-state index is 12.6. The highest BCUT2D eigenvalue weighted by Crippen LogP contribution is 2.29. The van der Waals surface area contributed by atoms with E-state index in [9.17, 15) is 9.59 Å². The Kier molecular flexibility index (Phi) is 8.74. The monoisotopic (exact) mass is 414 g/mol. The van der Waals surface area contributed by atoms with E-state index < -0.39 is 0 Å². The number of amides is 1. The first-order valence-electron chi connectivity index (χ1n) is 11.9. The lowest BCUT2D eigenvalue weighted by atomic mass is 9.83. The second-order valence-corrected chi connectivity index (χ2v) is 9.08. The smallest absolute Gasteiger partial charge is 0.306 e. The maximum atomic E-state index is 12.6. The molecule has 2 fully saturated rings. The van der Waals surface area contributed by atoms with Crippen LogP contribution in [-0.2, 0) is 9.53 Å². The van der Waals surface area contributed by atoms with Gasteiger partial charge >= 0.3 is 5.97 Å². The van der Waals surface area contributed by atoms with Crippen LogP contribution < -0.4 is 10.6 Å². The number of nitrogens with one attached hydrogen (secondary N) is 2. The van der Waals surface area contributed by atoms with Crippen molar-refractivity contribution in [2.45, 2.75) is 89.7 Å². The molecule has 2 N–H and O–H groups in total. The van der Waals surface area contributed by atoms with E-state index >= 15 is 0 Å². The van der Waals surface area contributed by atoms with Gasteiger partial charge in [-0.2, -0.15) is 0 Å². The largest absolute Gasteiger partial charge is 0.463 e. The average molecular weight is 415 g/mol. The SMILES string of the molecule is CCC(C)OC(=O)CCC1CCC(NC(=O)c2ccc(C3CCNCC3)cc2)CC1. The normalized spacial score (nSPS) is 23.5. The molecular formula is C25H38N2O3. The second kappa shape index (κ2) is 11.5. The third-order valence-electron chi connectivity index (χ3n) is 6.83. The minimum Gasteiger partial charge on any atom is -0.463 e. The third-order valence-corrected chi connectivity index (χ3v) is 6.83. The van der Waals surface area contributed by atoms with Crippen molar-refractivity contribution in [3.63, 3.8) is 0 Å². The highest BCUT2D eigenvalue weighted by Gasteiger charge is 2.24. The zero-order valence-corrected chi connectivity index (χ0v) is 18.6. The average Bonchev–Trinajstić information content (AvgIpc) is 2.79. The first-order valence-corrected chi connectivity index (χ1v) is 11.9. The lowest BCUT2D eigenvalue weighted by Crippen LogP contribution is -2.37. The molecular weight excluding hydrogens is 376 g/mol. The van der Waals surface area contributed by atoms with E-state index in [4.69, 9.17) is 4.74 Å². The van der Waals surface area contributed by atoms with Crippen LogP contribution in [0.5, 0.6) is 0 Å². The fraction of sp³-hybridized carbons (Fsp3) is 0.680. The lowest BCUT2D eigenvalue weighted by Gasteiger charge is -2.29. The molecule has 1 saturated carbocycles. The summed E-state index contributed by atoms with van der Waals surface area (Å²) in [6.45, 7) is 6.12. The molecule has 1 aromatic carbocycles. The van der Waals surface area contributed by atoms with Gasteiger partial charge in [-0.15, -0.1) is 0 Å². The minimum absolute atomic E-state index is 0.0113. The number of ether oxygens (including phenoxy) is 1. The molecule has 166 valence electrons. The van der Waals surface area contributed by atoms with Crippen molar-refractivity contribution >= 4 is 11.9 Å². The Morgan fingerprint density at radius 1 is 1.07 bits per heavy atom. The van der Waals surface area contributed by atoms with Crippen molar-refractivity contribution in [1.29, 1.82) is 0 Å². The molecule has 0 bridgehead atoms. The molecule has 1 saturated heterocycles. The molecule has 5 heteroatoms. The topological polar surface area (TPSA) is 67.4 Å². The molecule has 1 heterocycles. The third kappa shape index (κ3) is 6.83. The van der Waals surface area contributed by atoms with Gasteiger partial charge in [0.15, 0.2) is 0 Å². The summed E-state index contributed by atoms with van der Waals surface area (Å²) < 4.78 is 5.36. The predicted molar refractivity (Wildman–Crippen MR) is 120 cm³/mol. The van der Waals surface area contributed by atoms with Gasteiger partial charge in [-0.05, 0) is 101 Å². The molecule has 3 rings (SSSR count). The molecule has 0 radical (unpaired) electrons. The van der Waals surface area contributed by atoms with Crippen molar-refractivity contribution < 1.29 is 14.3 Å². The number of carbonyl (C=O) groups is 2. The summed E-state index contributed by atoms with van der Waals surface area (Å²) in [5.74, 6) is 1.13. The molecule has 5 nitrogen and oxygen atoms in total. The van der Waals surface area contributed by atoms with Crippen LogP contribution in [0.3, 0.4) is 0 Å². The molecule has 0 aromatic heterocycles. The van der Waals surface area contributed by atoms with Crippen molar-refractivity contribution in [3.8, 4) is 0 Å². The van der Waals surface area contributed by atoms with E-state index in [2.05, 4.69) is 22.8 Å². The van der Waals surface area contributed by atoms with E-state index in [0.29, 0.717) is 18.3 Å². The van der Waals surface area contributed by atoms with Gasteiger partial charge in [0.2, 0.25) is 0 Å². The highest BCUT2D eigenvalue weighted by molar-refractivity contribution is 5.94. The Morgan fingerprint density at radius 2 is 1.73 bits per heavy atom. The van der Waals surface area contributed by atoms with E-state index in [-0.39, 0.29) is 24.0 Å². The molecule has 2 aliphatic rings. The van der Waals surface area contributed by atoms with Crippen LogP contribution in [0.1, 0.15) is 93.5 Å². The van der Waals surface area contributed by atoms with E-state index in [1.807, 2.05) is 26.0 Å². The van der Waals surface area contributed by atoms with E-state index in [0.717, 1.165) is 57.2 Å². The fourth-order valence-electron chi connectivity index (χ4n) is 4.61. The van der Waals surface area contributed by atoms with Gasteiger partial charge in [-0.25, -0.2) is 0 Å². The van der Waals surface area contributed by atoms with Crippen LogP contribution in [0.15, 0.2) is 24.3 Å². The molecule has 0 spiro atoms. The van der Waals surface area contributed by atoms with Crippen molar-refractivity contribution in [2.75, 3.05) is 13.1 Å². The van der Waals surface area contributed by atoms with Gasteiger partial charge in [0.25, 0.3) is 5.91 Å².